The third-order valence-electron chi connectivity index (χ3n) is 1.93. The first-order valence-corrected chi connectivity index (χ1v) is 4.28. The summed E-state index contributed by atoms with van der Waals surface area (Å²) in [6.45, 7) is 5.11. The number of aliphatic hydroxyl groups is 1. The van der Waals surface area contributed by atoms with Crippen molar-refractivity contribution in [3.63, 3.8) is 0 Å². The normalized spacial score (nSPS) is 10.7. The molecule has 0 atom stereocenters. The van der Waals surface area contributed by atoms with Crippen LogP contribution in [0.2, 0.25) is 0 Å². The minimum Gasteiger partial charge on any atom is -0.505 e. The van der Waals surface area contributed by atoms with Gasteiger partial charge in [-0.15, -0.1) is 0 Å². The lowest BCUT2D eigenvalue weighted by Gasteiger charge is -2.06. The van der Waals surface area contributed by atoms with Crippen LogP contribution < -0.4 is 0 Å². The number of hydrogen-bond acceptors (Lipinski definition) is 3. The van der Waals surface area contributed by atoms with Gasteiger partial charge in [-0.05, 0) is 6.92 Å². The molecular formula is C11H13NO2. The maximum atomic E-state index is 9.68. The molecule has 0 radical (unpaired) electrons. The molecule has 0 aliphatic heterocycles. The van der Waals surface area contributed by atoms with Crippen molar-refractivity contribution in [1.29, 1.82) is 0 Å². The third-order valence-corrected chi connectivity index (χ3v) is 1.93. The molecular weight excluding hydrogens is 178 g/mol. The van der Waals surface area contributed by atoms with Crippen LogP contribution in [0.15, 0.2) is 24.9 Å². The van der Waals surface area contributed by atoms with Crippen molar-refractivity contribution in [2.45, 2.75) is 13.5 Å². The Morgan fingerprint density at radius 1 is 1.57 bits per heavy atom. The van der Waals surface area contributed by atoms with Gasteiger partial charge in [-0.3, -0.25) is 4.98 Å². The van der Waals surface area contributed by atoms with Gasteiger partial charge in [0.2, 0.25) is 0 Å². The Hall–Kier alpha value is -1.61. The molecule has 74 valence electrons. The van der Waals surface area contributed by atoms with Crippen LogP contribution >= 0.6 is 0 Å². The van der Waals surface area contributed by atoms with Gasteiger partial charge in [-0.2, -0.15) is 0 Å². The fraction of sp³-hybridized carbons (Fsp3) is 0.182. The van der Waals surface area contributed by atoms with Gasteiger partial charge in [-0.25, -0.2) is 0 Å². The fourth-order valence-corrected chi connectivity index (χ4v) is 1.13. The predicted octanol–water partition coefficient (Wildman–Crippen LogP) is 1.79. The molecule has 0 spiro atoms. The molecule has 1 aromatic heterocycles. The lowest BCUT2D eigenvalue weighted by molar-refractivity contribution is 0.280. The number of pyridine rings is 1. The summed E-state index contributed by atoms with van der Waals surface area (Å²) in [5.41, 5.74) is 1.75. The second-order valence-electron chi connectivity index (χ2n) is 2.88. The molecule has 14 heavy (non-hydrogen) atoms. The Bertz CT molecular complexity index is 370. The van der Waals surface area contributed by atoms with Gasteiger partial charge < -0.3 is 10.2 Å². The number of rotatable bonds is 3. The van der Waals surface area contributed by atoms with Crippen LogP contribution in [-0.2, 0) is 6.61 Å². The van der Waals surface area contributed by atoms with E-state index in [-0.39, 0.29) is 12.4 Å². The van der Waals surface area contributed by atoms with Crippen LogP contribution in [0.25, 0.3) is 6.08 Å². The average molecular weight is 191 g/mol. The monoisotopic (exact) mass is 191 g/mol. The number of allylic oxidation sites excluding steroid dienone is 2. The van der Waals surface area contributed by atoms with E-state index in [0.717, 1.165) is 0 Å². The SMILES string of the molecule is C=C/C=C/c1c(CO)cnc(C)c1O. The number of aromatic nitrogens is 1. The molecule has 3 heteroatoms. The molecule has 0 amide bonds. The Balaban J connectivity index is 3.27. The van der Waals surface area contributed by atoms with Crippen molar-refractivity contribution in [1.82, 2.24) is 4.98 Å². The molecule has 1 heterocycles. The van der Waals surface area contributed by atoms with Gasteiger partial charge in [-0.1, -0.05) is 24.8 Å². The highest BCUT2D eigenvalue weighted by atomic mass is 16.3. The Kier molecular flexibility index (Phi) is 3.42. The molecule has 0 unspecified atom stereocenters. The standard InChI is InChI=1S/C11H13NO2/c1-3-4-5-10-9(7-13)6-12-8(2)11(10)14/h3-6,13-14H,1,7H2,2H3/b5-4+. The molecule has 1 aromatic rings. The minimum absolute atomic E-state index is 0.106. The van der Waals surface area contributed by atoms with E-state index in [1.54, 1.807) is 31.3 Å². The van der Waals surface area contributed by atoms with E-state index in [2.05, 4.69) is 11.6 Å². The summed E-state index contributed by atoms with van der Waals surface area (Å²) in [7, 11) is 0. The summed E-state index contributed by atoms with van der Waals surface area (Å²) >= 11 is 0. The summed E-state index contributed by atoms with van der Waals surface area (Å²) in [5, 5.41) is 18.7. The smallest absolute Gasteiger partial charge is 0.144 e. The topological polar surface area (TPSA) is 53.4 Å². The molecule has 0 aromatic carbocycles. The summed E-state index contributed by atoms with van der Waals surface area (Å²) in [6.07, 6.45) is 6.56. The average Bonchev–Trinajstić information content (AvgIpc) is 2.20. The first-order chi connectivity index (χ1) is 6.70. The second-order valence-corrected chi connectivity index (χ2v) is 2.88. The first-order valence-electron chi connectivity index (χ1n) is 4.28. The van der Waals surface area contributed by atoms with Crippen LogP contribution in [0.5, 0.6) is 5.75 Å². The van der Waals surface area contributed by atoms with E-state index in [9.17, 15) is 5.11 Å². The fourth-order valence-electron chi connectivity index (χ4n) is 1.13. The van der Waals surface area contributed by atoms with Crippen molar-refractivity contribution in [3.05, 3.63) is 41.7 Å². The molecule has 0 fully saturated rings. The summed E-state index contributed by atoms with van der Waals surface area (Å²) in [6, 6.07) is 0. The zero-order chi connectivity index (χ0) is 10.6. The zero-order valence-corrected chi connectivity index (χ0v) is 8.07. The molecule has 3 nitrogen and oxygen atoms in total. The van der Waals surface area contributed by atoms with E-state index in [0.29, 0.717) is 16.8 Å². The highest BCUT2D eigenvalue weighted by Crippen LogP contribution is 2.24. The number of aromatic hydroxyl groups is 1. The van der Waals surface area contributed by atoms with E-state index in [1.807, 2.05) is 0 Å². The highest BCUT2D eigenvalue weighted by molar-refractivity contribution is 5.62. The molecule has 0 bridgehead atoms. The number of aliphatic hydroxyl groups excluding tert-OH is 1. The summed E-state index contributed by atoms with van der Waals surface area (Å²) in [5.74, 6) is 0.106. The van der Waals surface area contributed by atoms with Crippen LogP contribution in [0.4, 0.5) is 0 Å². The second kappa shape index (κ2) is 4.58. The molecule has 0 saturated carbocycles. The van der Waals surface area contributed by atoms with Crippen LogP contribution in [0.1, 0.15) is 16.8 Å². The van der Waals surface area contributed by atoms with Gasteiger partial charge in [0.05, 0.1) is 12.3 Å². The Morgan fingerprint density at radius 3 is 2.86 bits per heavy atom. The quantitative estimate of drug-likeness (QED) is 0.716. The van der Waals surface area contributed by atoms with E-state index in [1.165, 1.54) is 0 Å². The van der Waals surface area contributed by atoms with Crippen molar-refractivity contribution in [3.8, 4) is 5.75 Å². The lowest BCUT2D eigenvalue weighted by atomic mass is 10.1. The van der Waals surface area contributed by atoms with Crippen molar-refractivity contribution in [2.75, 3.05) is 0 Å². The van der Waals surface area contributed by atoms with Gasteiger partial charge in [0, 0.05) is 17.3 Å². The van der Waals surface area contributed by atoms with Crippen LogP contribution in [0, 0.1) is 6.92 Å². The van der Waals surface area contributed by atoms with Crippen LogP contribution in [0.3, 0.4) is 0 Å². The minimum atomic E-state index is -0.141. The molecule has 0 aliphatic rings. The van der Waals surface area contributed by atoms with E-state index >= 15 is 0 Å². The molecule has 1 rings (SSSR count). The van der Waals surface area contributed by atoms with Gasteiger partial charge in [0.25, 0.3) is 0 Å². The summed E-state index contributed by atoms with van der Waals surface area (Å²) < 4.78 is 0. The first kappa shape index (κ1) is 10.5. The van der Waals surface area contributed by atoms with E-state index < -0.39 is 0 Å². The molecule has 0 saturated heterocycles. The molecule has 2 N–H and O–H groups in total. The maximum absolute atomic E-state index is 9.68. The van der Waals surface area contributed by atoms with Crippen LogP contribution in [-0.4, -0.2) is 15.2 Å². The Labute approximate surface area is 83.0 Å². The number of aryl methyl sites for hydroxylation is 1. The van der Waals surface area contributed by atoms with Gasteiger partial charge in [0.15, 0.2) is 0 Å². The third kappa shape index (κ3) is 2.00. The highest BCUT2D eigenvalue weighted by Gasteiger charge is 2.07. The largest absolute Gasteiger partial charge is 0.505 e. The predicted molar refractivity (Wildman–Crippen MR) is 55.8 cm³/mol. The Morgan fingerprint density at radius 2 is 2.29 bits per heavy atom. The number of nitrogens with zero attached hydrogens (tertiary/aromatic N) is 1. The number of hydrogen-bond donors (Lipinski definition) is 2. The maximum Gasteiger partial charge on any atom is 0.144 e. The van der Waals surface area contributed by atoms with Crippen molar-refractivity contribution >= 4 is 6.08 Å². The molecule has 0 aliphatic carbocycles. The van der Waals surface area contributed by atoms with Gasteiger partial charge in [0.1, 0.15) is 5.75 Å². The van der Waals surface area contributed by atoms with E-state index in [4.69, 9.17) is 5.11 Å². The van der Waals surface area contributed by atoms with Crippen molar-refractivity contribution < 1.29 is 10.2 Å². The zero-order valence-electron chi connectivity index (χ0n) is 8.07. The lowest BCUT2D eigenvalue weighted by Crippen LogP contribution is -1.94. The summed E-state index contributed by atoms with van der Waals surface area (Å²) in [4.78, 5) is 3.95. The van der Waals surface area contributed by atoms with Gasteiger partial charge >= 0.3 is 0 Å². The van der Waals surface area contributed by atoms with Crippen molar-refractivity contribution in [2.24, 2.45) is 0 Å².